The molecule has 0 radical (unpaired) electrons. The number of ether oxygens (including phenoxy) is 1. The van der Waals surface area contributed by atoms with Crippen LogP contribution in [0.15, 0.2) is 36.4 Å². The van der Waals surface area contributed by atoms with E-state index in [1.165, 1.54) is 18.4 Å². The maximum atomic E-state index is 12.0. The third-order valence-electron chi connectivity index (χ3n) is 3.34. The number of hydrogen-bond donors (Lipinski definition) is 2. The van der Waals surface area contributed by atoms with Crippen LogP contribution in [-0.4, -0.2) is 24.2 Å². The maximum absolute atomic E-state index is 12.0. The number of anilines is 1. The number of thiophene rings is 1. The topological polar surface area (TPSA) is 50.4 Å². The van der Waals surface area contributed by atoms with Gasteiger partial charge < -0.3 is 15.4 Å². The van der Waals surface area contributed by atoms with Gasteiger partial charge in [-0.15, -0.1) is 11.3 Å². The van der Waals surface area contributed by atoms with Crippen molar-refractivity contribution in [2.45, 2.75) is 18.9 Å². The normalized spacial score (nSPS) is 13.5. The molecule has 22 heavy (non-hydrogen) atoms. The average Bonchev–Trinajstić information content (AvgIpc) is 3.24. The van der Waals surface area contributed by atoms with E-state index >= 15 is 0 Å². The largest absolute Gasteiger partial charge is 0.465 e. The summed E-state index contributed by atoms with van der Waals surface area (Å²) < 4.78 is 4.87. The Morgan fingerprint density at radius 1 is 1.32 bits per heavy atom. The summed E-state index contributed by atoms with van der Waals surface area (Å²) >= 11 is 6.79. The monoisotopic (exact) mass is 332 g/mol. The van der Waals surface area contributed by atoms with Gasteiger partial charge in [0, 0.05) is 10.9 Å². The Kier molecular flexibility index (Phi) is 4.40. The first-order chi connectivity index (χ1) is 10.7. The molecule has 0 saturated heterocycles. The quantitative estimate of drug-likeness (QED) is 0.661. The summed E-state index contributed by atoms with van der Waals surface area (Å²) in [7, 11) is 1.38. The van der Waals surface area contributed by atoms with E-state index in [0.29, 0.717) is 21.7 Å². The molecule has 1 heterocycles. The molecule has 0 unspecified atom stereocenters. The Labute approximate surface area is 138 Å². The van der Waals surface area contributed by atoms with Gasteiger partial charge in [-0.2, -0.15) is 0 Å². The molecule has 1 aliphatic carbocycles. The Hall–Kier alpha value is -1.92. The number of carbonyl (C=O) groups is 1. The van der Waals surface area contributed by atoms with Crippen molar-refractivity contribution < 1.29 is 9.53 Å². The summed E-state index contributed by atoms with van der Waals surface area (Å²) in [6, 6.07) is 12.2. The van der Waals surface area contributed by atoms with Gasteiger partial charge in [0.15, 0.2) is 5.11 Å². The number of thiocarbonyl (C=S) groups is 1. The van der Waals surface area contributed by atoms with Crippen LogP contribution in [-0.2, 0) is 4.74 Å². The lowest BCUT2D eigenvalue weighted by molar-refractivity contribution is 0.0602. The van der Waals surface area contributed by atoms with Crippen molar-refractivity contribution in [3.05, 3.63) is 42.0 Å². The molecule has 1 aliphatic rings. The lowest BCUT2D eigenvalue weighted by Gasteiger charge is -2.09. The summed E-state index contributed by atoms with van der Waals surface area (Å²) in [5.41, 5.74) is 1.57. The van der Waals surface area contributed by atoms with Gasteiger partial charge in [-0.05, 0) is 36.7 Å². The first kappa shape index (κ1) is 15.0. The zero-order chi connectivity index (χ0) is 15.5. The fraction of sp³-hybridized carbons (Fsp3) is 0.250. The third-order valence-corrected chi connectivity index (χ3v) is 4.65. The lowest BCUT2D eigenvalue weighted by atomic mass is 10.1. The van der Waals surface area contributed by atoms with Gasteiger partial charge in [0.25, 0.3) is 0 Å². The van der Waals surface area contributed by atoms with Crippen molar-refractivity contribution in [1.82, 2.24) is 5.32 Å². The summed E-state index contributed by atoms with van der Waals surface area (Å²) in [6.07, 6.45) is 2.29. The van der Waals surface area contributed by atoms with Crippen LogP contribution < -0.4 is 10.6 Å². The maximum Gasteiger partial charge on any atom is 0.340 e. The van der Waals surface area contributed by atoms with Crippen LogP contribution in [0, 0.1) is 0 Å². The van der Waals surface area contributed by atoms with Crippen molar-refractivity contribution in [3.8, 4) is 10.4 Å². The van der Waals surface area contributed by atoms with E-state index in [-0.39, 0.29) is 5.97 Å². The highest BCUT2D eigenvalue weighted by atomic mass is 32.1. The molecule has 1 saturated carbocycles. The minimum absolute atomic E-state index is 0.366. The van der Waals surface area contributed by atoms with E-state index in [4.69, 9.17) is 17.0 Å². The van der Waals surface area contributed by atoms with E-state index in [2.05, 4.69) is 10.6 Å². The summed E-state index contributed by atoms with van der Waals surface area (Å²) in [4.78, 5) is 13.0. The van der Waals surface area contributed by atoms with Crippen molar-refractivity contribution in [2.75, 3.05) is 12.4 Å². The summed E-state index contributed by atoms with van der Waals surface area (Å²) in [6.45, 7) is 0. The van der Waals surface area contributed by atoms with Gasteiger partial charge in [0.2, 0.25) is 0 Å². The first-order valence-corrected chi connectivity index (χ1v) is 8.25. The van der Waals surface area contributed by atoms with Crippen LogP contribution in [0.25, 0.3) is 10.4 Å². The molecule has 0 aliphatic heterocycles. The number of nitrogens with one attached hydrogen (secondary N) is 2. The Balaban J connectivity index is 1.87. The highest BCUT2D eigenvalue weighted by Gasteiger charge is 2.23. The zero-order valence-electron chi connectivity index (χ0n) is 12.1. The Bertz CT molecular complexity index is 693. The molecule has 2 N–H and O–H groups in total. The number of rotatable bonds is 4. The van der Waals surface area contributed by atoms with Crippen LogP contribution in [0.5, 0.6) is 0 Å². The molecule has 0 bridgehead atoms. The molecule has 4 nitrogen and oxygen atoms in total. The van der Waals surface area contributed by atoms with Gasteiger partial charge >= 0.3 is 5.97 Å². The van der Waals surface area contributed by atoms with Gasteiger partial charge in [0.05, 0.1) is 12.7 Å². The van der Waals surface area contributed by atoms with Gasteiger partial charge in [-0.25, -0.2) is 4.79 Å². The van der Waals surface area contributed by atoms with Crippen molar-refractivity contribution in [1.29, 1.82) is 0 Å². The second kappa shape index (κ2) is 6.46. The number of carbonyl (C=O) groups excluding carboxylic acids is 1. The minimum atomic E-state index is -0.366. The predicted molar refractivity (Wildman–Crippen MR) is 93.5 cm³/mol. The highest BCUT2D eigenvalue weighted by molar-refractivity contribution is 7.80. The Morgan fingerprint density at radius 3 is 2.68 bits per heavy atom. The molecule has 114 valence electrons. The fourth-order valence-corrected chi connectivity index (χ4v) is 3.43. The number of methoxy groups -OCH3 is 1. The third kappa shape index (κ3) is 3.45. The second-order valence-electron chi connectivity index (χ2n) is 5.08. The molecule has 6 heteroatoms. The van der Waals surface area contributed by atoms with Crippen LogP contribution in [0.4, 0.5) is 5.00 Å². The van der Waals surface area contributed by atoms with Gasteiger partial charge in [0.1, 0.15) is 5.00 Å². The fourth-order valence-electron chi connectivity index (χ4n) is 2.04. The SMILES string of the molecule is COC(=O)c1cc(-c2ccccc2)sc1NC(=S)NC1CC1. The predicted octanol–water partition coefficient (Wildman–Crippen LogP) is 3.65. The summed E-state index contributed by atoms with van der Waals surface area (Å²) in [5.74, 6) is -0.366. The molecule has 1 aromatic heterocycles. The molecule has 1 fully saturated rings. The average molecular weight is 332 g/mol. The van der Waals surface area contributed by atoms with Crippen LogP contribution in [0.2, 0.25) is 0 Å². The standard InChI is InChI=1S/C16H16N2O2S2/c1-20-15(19)12-9-13(10-5-3-2-4-6-10)22-14(12)18-16(21)17-11-7-8-11/h2-6,9,11H,7-8H2,1H3,(H2,17,18,21). The minimum Gasteiger partial charge on any atom is -0.465 e. The Morgan fingerprint density at radius 2 is 2.05 bits per heavy atom. The van der Waals surface area contributed by atoms with E-state index in [1.807, 2.05) is 36.4 Å². The van der Waals surface area contributed by atoms with Gasteiger partial charge in [-0.3, -0.25) is 0 Å². The molecule has 3 rings (SSSR count). The molecule has 2 aromatic rings. The van der Waals surface area contributed by atoms with Crippen molar-refractivity contribution >= 4 is 39.6 Å². The lowest BCUT2D eigenvalue weighted by Crippen LogP contribution is -2.30. The molecule has 1 aromatic carbocycles. The zero-order valence-corrected chi connectivity index (χ0v) is 13.7. The number of benzene rings is 1. The number of esters is 1. The first-order valence-electron chi connectivity index (χ1n) is 7.02. The van der Waals surface area contributed by atoms with Crippen LogP contribution in [0.3, 0.4) is 0 Å². The summed E-state index contributed by atoms with van der Waals surface area (Å²) in [5, 5.41) is 7.60. The molecule has 0 amide bonds. The highest BCUT2D eigenvalue weighted by Crippen LogP contribution is 2.36. The van der Waals surface area contributed by atoms with E-state index in [1.54, 1.807) is 0 Å². The van der Waals surface area contributed by atoms with E-state index in [0.717, 1.165) is 23.3 Å². The van der Waals surface area contributed by atoms with Crippen molar-refractivity contribution in [3.63, 3.8) is 0 Å². The van der Waals surface area contributed by atoms with E-state index < -0.39 is 0 Å². The molecule has 0 atom stereocenters. The molecular weight excluding hydrogens is 316 g/mol. The smallest absolute Gasteiger partial charge is 0.340 e. The molecular formula is C16H16N2O2S2. The van der Waals surface area contributed by atoms with Crippen LogP contribution in [0.1, 0.15) is 23.2 Å². The van der Waals surface area contributed by atoms with E-state index in [9.17, 15) is 4.79 Å². The van der Waals surface area contributed by atoms with Gasteiger partial charge in [-0.1, -0.05) is 30.3 Å². The van der Waals surface area contributed by atoms with Crippen molar-refractivity contribution in [2.24, 2.45) is 0 Å². The second-order valence-corrected chi connectivity index (χ2v) is 6.54. The molecule has 0 spiro atoms. The van der Waals surface area contributed by atoms with Crippen LogP contribution >= 0.6 is 23.6 Å². The number of hydrogen-bond acceptors (Lipinski definition) is 4.